The summed E-state index contributed by atoms with van der Waals surface area (Å²) < 4.78 is 46.3. The van der Waals surface area contributed by atoms with E-state index in [4.69, 9.17) is 14.0 Å². The van der Waals surface area contributed by atoms with Crippen molar-refractivity contribution in [3.63, 3.8) is 0 Å². The molecular weight excluding hydrogens is 412 g/mol. The Morgan fingerprint density at radius 3 is 3.03 bits per heavy atom. The van der Waals surface area contributed by atoms with Crippen molar-refractivity contribution >= 4 is 26.8 Å². The summed E-state index contributed by atoms with van der Waals surface area (Å²) in [6.45, 7) is 0.780. The minimum Gasteiger partial charge on any atom is -0.492 e. The molecule has 4 heterocycles. The molecule has 0 atom stereocenters. The lowest BCUT2D eigenvalue weighted by Gasteiger charge is -2.10. The Kier molecular flexibility index (Phi) is 4.28. The molecule has 1 aliphatic rings. The first-order valence-corrected chi connectivity index (χ1v) is 10.5. The summed E-state index contributed by atoms with van der Waals surface area (Å²) in [6.07, 6.45) is 3.91. The molecule has 3 aromatic heterocycles. The van der Waals surface area contributed by atoms with Crippen LogP contribution in [-0.4, -0.2) is 47.3 Å². The third kappa shape index (κ3) is 3.10. The Morgan fingerprint density at radius 2 is 2.23 bits per heavy atom. The van der Waals surface area contributed by atoms with Gasteiger partial charge in [0, 0.05) is 18.7 Å². The van der Waals surface area contributed by atoms with Crippen LogP contribution in [0.1, 0.15) is 11.3 Å². The number of hydrogen-bond donors (Lipinski definition) is 1. The first kappa shape index (κ1) is 18.4. The number of nitrogens with one attached hydrogen (secondary N) is 1. The monoisotopic (exact) mass is 428 g/mol. The minimum absolute atomic E-state index is 0.0164. The number of benzene rings is 1. The van der Waals surface area contributed by atoms with Crippen LogP contribution in [0.3, 0.4) is 0 Å². The fraction of sp³-hybridized carbons (Fsp3) is 0.222. The Labute approximate surface area is 170 Å². The highest BCUT2D eigenvalue weighted by molar-refractivity contribution is 7.92. The molecule has 1 aliphatic heterocycles. The maximum absolute atomic E-state index is 13.0. The third-order valence-electron chi connectivity index (χ3n) is 4.66. The molecule has 0 fully saturated rings. The molecule has 11 nitrogen and oxygen atoms in total. The lowest BCUT2D eigenvalue weighted by Crippen LogP contribution is -2.14. The summed E-state index contributed by atoms with van der Waals surface area (Å²) in [6, 6.07) is 6.66. The quantitative estimate of drug-likeness (QED) is 0.486. The van der Waals surface area contributed by atoms with E-state index < -0.39 is 10.0 Å². The average molecular weight is 428 g/mol. The van der Waals surface area contributed by atoms with E-state index >= 15 is 0 Å². The molecule has 0 saturated carbocycles. The first-order valence-electron chi connectivity index (χ1n) is 9.00. The molecule has 0 radical (unpaired) electrons. The number of sulfonamides is 1. The van der Waals surface area contributed by atoms with Gasteiger partial charge < -0.3 is 14.0 Å². The van der Waals surface area contributed by atoms with Crippen molar-refractivity contribution in [1.29, 1.82) is 0 Å². The first-order chi connectivity index (χ1) is 14.5. The molecule has 0 saturated heterocycles. The Morgan fingerprint density at radius 1 is 1.33 bits per heavy atom. The van der Waals surface area contributed by atoms with Crippen molar-refractivity contribution in [3.8, 4) is 11.6 Å². The number of ether oxygens (including phenoxy) is 2. The van der Waals surface area contributed by atoms with Gasteiger partial charge >= 0.3 is 0 Å². The van der Waals surface area contributed by atoms with Crippen LogP contribution in [0.2, 0.25) is 0 Å². The van der Waals surface area contributed by atoms with Crippen molar-refractivity contribution in [1.82, 2.24) is 25.1 Å². The van der Waals surface area contributed by atoms with Gasteiger partial charge in [0.05, 0.1) is 32.2 Å². The van der Waals surface area contributed by atoms with Crippen molar-refractivity contribution < 1.29 is 22.4 Å². The summed E-state index contributed by atoms with van der Waals surface area (Å²) >= 11 is 0. The maximum atomic E-state index is 13.0. The number of hydrogen-bond acceptors (Lipinski definition) is 9. The second-order valence-electron chi connectivity index (χ2n) is 6.58. The van der Waals surface area contributed by atoms with Gasteiger partial charge in [-0.1, -0.05) is 22.5 Å². The molecule has 0 amide bonds. The summed E-state index contributed by atoms with van der Waals surface area (Å²) in [5.74, 6) is 0.520. The number of rotatable bonds is 6. The zero-order valence-corrected chi connectivity index (χ0v) is 16.6. The van der Waals surface area contributed by atoms with E-state index in [0.717, 1.165) is 5.56 Å². The van der Waals surface area contributed by atoms with Crippen LogP contribution < -0.4 is 14.2 Å². The lowest BCUT2D eigenvalue weighted by molar-refractivity contribution is 0.348. The number of para-hydroxylation sites is 1. The largest absolute Gasteiger partial charge is 0.492 e. The van der Waals surface area contributed by atoms with E-state index in [1.165, 1.54) is 13.2 Å². The molecular formula is C18H16N6O5S. The molecule has 4 aromatic rings. The number of aromatic nitrogens is 5. The number of pyridine rings is 1. The zero-order chi connectivity index (χ0) is 20.7. The van der Waals surface area contributed by atoms with Crippen LogP contribution in [0.25, 0.3) is 11.0 Å². The molecule has 0 bridgehead atoms. The molecule has 1 N–H and O–H groups in total. The Hall–Kier alpha value is -3.67. The van der Waals surface area contributed by atoms with Crippen molar-refractivity contribution in [3.05, 3.63) is 47.9 Å². The van der Waals surface area contributed by atoms with E-state index in [1.807, 2.05) is 6.07 Å². The molecule has 0 spiro atoms. The predicted octanol–water partition coefficient (Wildman–Crippen LogP) is 1.61. The topological polar surface area (TPSA) is 134 Å². The normalized spacial score (nSPS) is 13.2. The Bertz CT molecular complexity index is 1330. The zero-order valence-electron chi connectivity index (χ0n) is 15.8. The summed E-state index contributed by atoms with van der Waals surface area (Å²) in [4.78, 5) is 4.46. The van der Waals surface area contributed by atoms with Crippen molar-refractivity contribution in [2.45, 2.75) is 17.9 Å². The van der Waals surface area contributed by atoms with E-state index in [0.29, 0.717) is 42.0 Å². The van der Waals surface area contributed by atoms with Crippen molar-refractivity contribution in [2.75, 3.05) is 18.4 Å². The van der Waals surface area contributed by atoms with Gasteiger partial charge in [0.1, 0.15) is 16.0 Å². The molecule has 5 rings (SSSR count). The second kappa shape index (κ2) is 6.99. The van der Waals surface area contributed by atoms with Gasteiger partial charge in [-0.3, -0.25) is 4.72 Å². The predicted molar refractivity (Wildman–Crippen MR) is 104 cm³/mol. The number of nitrogens with zero attached hydrogens (tertiary/aromatic N) is 5. The molecule has 30 heavy (non-hydrogen) atoms. The molecule has 154 valence electrons. The van der Waals surface area contributed by atoms with Crippen molar-refractivity contribution in [2.24, 2.45) is 0 Å². The fourth-order valence-electron chi connectivity index (χ4n) is 3.34. The number of fused-ring (bicyclic) bond motifs is 2. The lowest BCUT2D eigenvalue weighted by atomic mass is 10.2. The van der Waals surface area contributed by atoms with Gasteiger partial charge in [-0.15, -0.1) is 5.10 Å². The standard InChI is InChI=1S/C18H16N6O5S/c1-27-18-15-13(9-12(20-18)10-24-7-6-19-23-24)29-21-17(15)22-30(25,26)14-4-2-3-11-5-8-28-16(11)14/h2-4,6-7,9H,5,8,10H2,1H3,(H,21,22). The molecule has 0 unspecified atom stereocenters. The SMILES string of the molecule is COc1nc(Cn2ccnn2)cc2onc(NS(=O)(=O)c3cccc4c3OCC4)c12. The van der Waals surface area contributed by atoms with E-state index in [9.17, 15) is 8.42 Å². The number of methoxy groups -OCH3 is 1. The summed E-state index contributed by atoms with van der Waals surface area (Å²) in [5.41, 5.74) is 1.76. The second-order valence-corrected chi connectivity index (χ2v) is 8.23. The number of anilines is 1. The van der Waals surface area contributed by atoms with Gasteiger partial charge in [-0.2, -0.15) is 0 Å². The molecule has 1 aromatic carbocycles. The summed E-state index contributed by atoms with van der Waals surface area (Å²) in [7, 11) is -2.54. The van der Waals surface area contributed by atoms with Crippen LogP contribution in [0.5, 0.6) is 11.6 Å². The maximum Gasteiger partial charge on any atom is 0.266 e. The fourth-order valence-corrected chi connectivity index (χ4v) is 4.53. The van der Waals surface area contributed by atoms with E-state index in [2.05, 4.69) is 25.2 Å². The molecule has 0 aliphatic carbocycles. The van der Waals surface area contributed by atoms with E-state index in [-0.39, 0.29) is 16.6 Å². The van der Waals surface area contributed by atoms with Gasteiger partial charge in [-0.05, 0) is 11.6 Å². The van der Waals surface area contributed by atoms with E-state index in [1.54, 1.807) is 29.2 Å². The van der Waals surface area contributed by atoms with Crippen LogP contribution in [0, 0.1) is 0 Å². The van der Waals surface area contributed by atoms with Gasteiger partial charge in [-0.25, -0.2) is 18.1 Å². The van der Waals surface area contributed by atoms with Crippen LogP contribution in [-0.2, 0) is 23.0 Å². The Balaban J connectivity index is 1.53. The highest BCUT2D eigenvalue weighted by atomic mass is 32.2. The van der Waals surface area contributed by atoms with Gasteiger partial charge in [0.15, 0.2) is 11.4 Å². The van der Waals surface area contributed by atoms with Gasteiger partial charge in [0.2, 0.25) is 5.88 Å². The highest BCUT2D eigenvalue weighted by Gasteiger charge is 2.28. The third-order valence-corrected chi connectivity index (χ3v) is 6.03. The summed E-state index contributed by atoms with van der Waals surface area (Å²) in [5, 5.41) is 11.9. The van der Waals surface area contributed by atoms with Crippen LogP contribution >= 0.6 is 0 Å². The van der Waals surface area contributed by atoms with Crippen LogP contribution in [0.4, 0.5) is 5.82 Å². The molecule has 12 heteroatoms. The van der Waals surface area contributed by atoms with Crippen LogP contribution in [0.15, 0.2) is 46.1 Å². The van der Waals surface area contributed by atoms with Gasteiger partial charge in [0.25, 0.3) is 10.0 Å². The minimum atomic E-state index is -3.98. The highest BCUT2D eigenvalue weighted by Crippen LogP contribution is 2.36. The smallest absolute Gasteiger partial charge is 0.266 e. The average Bonchev–Trinajstić information content (AvgIpc) is 3.48.